The number of carbonyl (C=O) groups is 1. The van der Waals surface area contributed by atoms with Crippen LogP contribution in [0.15, 0.2) is 18.3 Å². The van der Waals surface area contributed by atoms with E-state index >= 15 is 0 Å². The molecule has 3 aliphatic rings. The summed E-state index contributed by atoms with van der Waals surface area (Å²) in [5.74, 6) is 1.93. The second-order valence-corrected chi connectivity index (χ2v) is 8.25. The fourth-order valence-corrected chi connectivity index (χ4v) is 4.65. The molecular formula is C20H30N4O. The number of hydrogen-bond acceptors (Lipinski definition) is 4. The van der Waals surface area contributed by atoms with Crippen molar-refractivity contribution >= 4 is 11.7 Å². The zero-order valence-electron chi connectivity index (χ0n) is 15.4. The van der Waals surface area contributed by atoms with Gasteiger partial charge in [0.05, 0.1) is 5.56 Å². The summed E-state index contributed by atoms with van der Waals surface area (Å²) in [4.78, 5) is 21.7. The Morgan fingerprint density at radius 2 is 1.84 bits per heavy atom. The minimum Gasteiger partial charge on any atom is -0.357 e. The number of aromatic nitrogens is 1. The molecule has 1 aromatic rings. The molecule has 1 N–H and O–H groups in total. The van der Waals surface area contributed by atoms with Crippen molar-refractivity contribution in [2.45, 2.75) is 63.6 Å². The highest BCUT2D eigenvalue weighted by Crippen LogP contribution is 2.30. The smallest absolute Gasteiger partial charge is 0.255 e. The van der Waals surface area contributed by atoms with Crippen molar-refractivity contribution in [3.05, 3.63) is 23.9 Å². The summed E-state index contributed by atoms with van der Waals surface area (Å²) < 4.78 is 0. The topological polar surface area (TPSA) is 48.5 Å². The van der Waals surface area contributed by atoms with Crippen molar-refractivity contribution in [1.82, 2.24) is 15.2 Å². The fraction of sp³-hybridized carbons (Fsp3) is 0.700. The highest BCUT2D eigenvalue weighted by molar-refractivity contribution is 5.94. The number of amides is 1. The predicted molar refractivity (Wildman–Crippen MR) is 99.9 cm³/mol. The second-order valence-electron chi connectivity index (χ2n) is 8.25. The van der Waals surface area contributed by atoms with E-state index in [0.29, 0.717) is 23.7 Å². The van der Waals surface area contributed by atoms with E-state index in [2.05, 4.69) is 22.1 Å². The molecule has 0 saturated carbocycles. The van der Waals surface area contributed by atoms with Crippen LogP contribution in [0, 0.1) is 5.92 Å². The molecule has 0 spiro atoms. The number of piperidine rings is 2. The number of carbonyl (C=O) groups excluding carboxylic acids is 1. The second kappa shape index (κ2) is 6.94. The molecule has 0 radical (unpaired) electrons. The standard InChI is InChI=1S/C20H30N4O/c1-14-7-9-24(10-8-14)19-6-3-15(13-21-19)20(25)23(2)18-11-16-4-5-17(12-18)22-16/h3,6,13-14,16-18,22H,4-5,7-12H2,1-2H3. The molecule has 3 aliphatic heterocycles. The first-order valence-corrected chi connectivity index (χ1v) is 9.84. The molecule has 3 saturated heterocycles. The Morgan fingerprint density at radius 1 is 1.16 bits per heavy atom. The molecule has 0 aliphatic carbocycles. The van der Waals surface area contributed by atoms with Crippen molar-refractivity contribution in [3.8, 4) is 0 Å². The van der Waals surface area contributed by atoms with E-state index in [4.69, 9.17) is 0 Å². The Hall–Kier alpha value is -1.62. The molecule has 0 aromatic carbocycles. The number of nitrogens with one attached hydrogen (secondary N) is 1. The SMILES string of the molecule is CC1CCN(c2ccc(C(=O)N(C)C3CC4CCC(C3)N4)cn2)CC1. The molecule has 4 heterocycles. The van der Waals surface area contributed by atoms with Crippen LogP contribution in [0.2, 0.25) is 0 Å². The first kappa shape index (κ1) is 16.8. The van der Waals surface area contributed by atoms with E-state index in [-0.39, 0.29) is 5.91 Å². The molecule has 1 amide bonds. The van der Waals surface area contributed by atoms with Crippen molar-refractivity contribution in [3.63, 3.8) is 0 Å². The van der Waals surface area contributed by atoms with Crippen LogP contribution < -0.4 is 10.2 Å². The zero-order chi connectivity index (χ0) is 17.4. The summed E-state index contributed by atoms with van der Waals surface area (Å²) in [6.07, 6.45) is 8.89. The van der Waals surface area contributed by atoms with Crippen LogP contribution in [0.5, 0.6) is 0 Å². The molecule has 5 nitrogen and oxygen atoms in total. The van der Waals surface area contributed by atoms with Crippen LogP contribution in [-0.4, -0.2) is 54.1 Å². The average molecular weight is 342 g/mol. The maximum atomic E-state index is 12.9. The Bertz CT molecular complexity index is 597. The fourth-order valence-electron chi connectivity index (χ4n) is 4.65. The van der Waals surface area contributed by atoms with Gasteiger partial charge < -0.3 is 15.1 Å². The van der Waals surface area contributed by atoms with Gasteiger partial charge in [0.25, 0.3) is 5.91 Å². The van der Waals surface area contributed by atoms with Gasteiger partial charge in [-0.2, -0.15) is 0 Å². The van der Waals surface area contributed by atoms with Crippen molar-refractivity contribution in [2.75, 3.05) is 25.0 Å². The number of fused-ring (bicyclic) bond motifs is 2. The van der Waals surface area contributed by atoms with E-state index in [0.717, 1.165) is 37.7 Å². The van der Waals surface area contributed by atoms with E-state index in [1.54, 1.807) is 6.20 Å². The normalized spacial score (nSPS) is 29.7. The lowest BCUT2D eigenvalue weighted by molar-refractivity contribution is 0.0681. The summed E-state index contributed by atoms with van der Waals surface area (Å²) >= 11 is 0. The van der Waals surface area contributed by atoms with Crippen molar-refractivity contribution < 1.29 is 4.79 Å². The lowest BCUT2D eigenvalue weighted by atomic mass is 9.98. The summed E-state index contributed by atoms with van der Waals surface area (Å²) in [5.41, 5.74) is 0.711. The summed E-state index contributed by atoms with van der Waals surface area (Å²) in [6.45, 7) is 4.45. The Labute approximate surface area is 150 Å². The van der Waals surface area contributed by atoms with Gasteiger partial charge in [-0.1, -0.05) is 6.92 Å². The summed E-state index contributed by atoms with van der Waals surface area (Å²) in [7, 11) is 1.96. The molecule has 2 atom stereocenters. The van der Waals surface area contributed by atoms with Crippen LogP contribution in [0.4, 0.5) is 5.82 Å². The van der Waals surface area contributed by atoms with Crippen molar-refractivity contribution in [1.29, 1.82) is 0 Å². The molecule has 2 bridgehead atoms. The minimum atomic E-state index is 0.109. The van der Waals surface area contributed by atoms with Gasteiger partial charge >= 0.3 is 0 Å². The predicted octanol–water partition coefficient (Wildman–Crippen LogP) is 2.67. The van der Waals surface area contributed by atoms with Crippen LogP contribution in [0.3, 0.4) is 0 Å². The zero-order valence-corrected chi connectivity index (χ0v) is 15.4. The molecule has 1 aromatic heterocycles. The van der Waals surface area contributed by atoms with Gasteiger partial charge in [-0.15, -0.1) is 0 Å². The van der Waals surface area contributed by atoms with Crippen molar-refractivity contribution in [2.24, 2.45) is 5.92 Å². The van der Waals surface area contributed by atoms with E-state index in [1.165, 1.54) is 25.7 Å². The summed E-state index contributed by atoms with van der Waals surface area (Å²) in [6, 6.07) is 5.52. The lowest BCUT2D eigenvalue weighted by Crippen LogP contribution is -2.48. The Balaban J connectivity index is 1.40. The highest BCUT2D eigenvalue weighted by Gasteiger charge is 2.36. The highest BCUT2D eigenvalue weighted by atomic mass is 16.2. The lowest BCUT2D eigenvalue weighted by Gasteiger charge is -2.35. The van der Waals surface area contributed by atoms with Gasteiger partial charge in [0.2, 0.25) is 0 Å². The number of hydrogen-bond donors (Lipinski definition) is 1. The molecule has 2 unspecified atom stereocenters. The third-order valence-corrected chi connectivity index (χ3v) is 6.42. The molecule has 136 valence electrons. The van der Waals surface area contributed by atoms with Crippen LogP contribution in [0.25, 0.3) is 0 Å². The Kier molecular flexibility index (Phi) is 4.67. The van der Waals surface area contributed by atoms with E-state index in [1.807, 2.05) is 24.1 Å². The summed E-state index contributed by atoms with van der Waals surface area (Å²) in [5, 5.41) is 3.64. The van der Waals surface area contributed by atoms with Crippen LogP contribution in [-0.2, 0) is 0 Å². The average Bonchev–Trinajstić information content (AvgIpc) is 2.99. The number of anilines is 1. The Morgan fingerprint density at radius 3 is 2.44 bits per heavy atom. The van der Waals surface area contributed by atoms with E-state index < -0.39 is 0 Å². The number of nitrogens with zero attached hydrogens (tertiary/aromatic N) is 3. The van der Waals surface area contributed by atoms with Crippen LogP contribution >= 0.6 is 0 Å². The third kappa shape index (κ3) is 3.52. The van der Waals surface area contributed by atoms with E-state index in [9.17, 15) is 4.79 Å². The number of rotatable bonds is 3. The van der Waals surface area contributed by atoms with Gasteiger partial charge in [-0.3, -0.25) is 4.79 Å². The molecule has 3 fully saturated rings. The minimum absolute atomic E-state index is 0.109. The molecule has 5 heteroatoms. The first-order valence-electron chi connectivity index (χ1n) is 9.84. The number of pyridine rings is 1. The van der Waals surface area contributed by atoms with Gasteiger partial charge in [0.15, 0.2) is 0 Å². The van der Waals surface area contributed by atoms with Crippen LogP contribution in [0.1, 0.15) is 55.8 Å². The van der Waals surface area contributed by atoms with Gasteiger partial charge in [-0.25, -0.2) is 4.98 Å². The monoisotopic (exact) mass is 342 g/mol. The van der Waals surface area contributed by atoms with Gasteiger partial charge in [0, 0.05) is 44.5 Å². The molecule has 25 heavy (non-hydrogen) atoms. The largest absolute Gasteiger partial charge is 0.357 e. The molecule has 4 rings (SSSR count). The van der Waals surface area contributed by atoms with Gasteiger partial charge in [0.1, 0.15) is 5.82 Å². The maximum Gasteiger partial charge on any atom is 0.255 e. The molecular weight excluding hydrogens is 312 g/mol. The third-order valence-electron chi connectivity index (χ3n) is 6.42. The first-order chi connectivity index (χ1) is 12.1. The quantitative estimate of drug-likeness (QED) is 0.917. The maximum absolute atomic E-state index is 12.9. The van der Waals surface area contributed by atoms with Gasteiger partial charge in [-0.05, 0) is 56.6 Å².